The van der Waals surface area contributed by atoms with Crippen molar-refractivity contribution in [1.82, 2.24) is 0 Å². The summed E-state index contributed by atoms with van der Waals surface area (Å²) < 4.78 is 10.7. The number of methoxy groups -OCH3 is 1. The number of esters is 1. The largest absolute Gasteiger partial charge is 0.496 e. The Morgan fingerprint density at radius 1 is 1.11 bits per heavy atom. The molecule has 2 aromatic rings. The van der Waals surface area contributed by atoms with Crippen molar-refractivity contribution in [3.63, 3.8) is 0 Å². The molecule has 3 nitrogen and oxygen atoms in total. The molecule has 0 amide bonds. The van der Waals surface area contributed by atoms with Gasteiger partial charge in [-0.3, -0.25) is 4.79 Å². The Kier molecular flexibility index (Phi) is 2.75. The molecule has 0 fully saturated rings. The van der Waals surface area contributed by atoms with Crippen LogP contribution < -0.4 is 9.47 Å². The lowest BCUT2D eigenvalue weighted by Crippen LogP contribution is -2.12. The van der Waals surface area contributed by atoms with Crippen LogP contribution in [-0.2, 0) is 4.79 Å². The number of hydrogen-bond donors (Lipinski definition) is 0. The maximum absolute atomic E-state index is 12.1. The summed E-state index contributed by atoms with van der Waals surface area (Å²) in [6.07, 6.45) is 0. The Labute approximate surface area is 111 Å². The molecule has 0 radical (unpaired) electrons. The van der Waals surface area contributed by atoms with Gasteiger partial charge in [0.15, 0.2) is 0 Å². The van der Waals surface area contributed by atoms with Gasteiger partial charge >= 0.3 is 5.97 Å². The van der Waals surface area contributed by atoms with E-state index in [-0.39, 0.29) is 5.97 Å². The molecule has 0 N–H and O–H groups in total. The first-order valence-electron chi connectivity index (χ1n) is 6.16. The van der Waals surface area contributed by atoms with Crippen LogP contribution in [0.4, 0.5) is 0 Å². The number of ether oxygens (including phenoxy) is 2. The monoisotopic (exact) mass is 254 g/mol. The maximum Gasteiger partial charge on any atom is 0.323 e. The van der Waals surface area contributed by atoms with Gasteiger partial charge in [0.25, 0.3) is 0 Å². The Morgan fingerprint density at radius 2 is 1.89 bits per heavy atom. The quantitative estimate of drug-likeness (QED) is 0.610. The second kappa shape index (κ2) is 4.43. The van der Waals surface area contributed by atoms with Gasteiger partial charge in [0.05, 0.1) is 7.11 Å². The summed E-state index contributed by atoms with van der Waals surface area (Å²) in [6, 6.07) is 13.3. The Hall–Kier alpha value is -2.29. The number of carbonyl (C=O) groups is 1. The average Bonchev–Trinajstić information content (AvgIpc) is 2.74. The van der Waals surface area contributed by atoms with Gasteiger partial charge in [-0.25, -0.2) is 0 Å². The second-order valence-corrected chi connectivity index (χ2v) is 4.64. The van der Waals surface area contributed by atoms with Crippen molar-refractivity contribution in [1.29, 1.82) is 0 Å². The van der Waals surface area contributed by atoms with Crippen molar-refractivity contribution in [2.75, 3.05) is 7.11 Å². The predicted molar refractivity (Wildman–Crippen MR) is 71.7 cm³/mol. The molecular formula is C16H14O3. The van der Waals surface area contributed by atoms with E-state index >= 15 is 0 Å². The lowest BCUT2D eigenvalue weighted by molar-refractivity contribution is -0.133. The first-order chi connectivity index (χ1) is 9.20. The Bertz CT molecular complexity index is 646. The van der Waals surface area contributed by atoms with Crippen LogP contribution in [0.2, 0.25) is 0 Å². The van der Waals surface area contributed by atoms with Gasteiger partial charge in [0.1, 0.15) is 17.4 Å². The van der Waals surface area contributed by atoms with Crippen molar-refractivity contribution in [2.24, 2.45) is 0 Å². The first kappa shape index (κ1) is 11.8. The van der Waals surface area contributed by atoms with E-state index in [1.165, 1.54) is 0 Å². The molecule has 2 aromatic carbocycles. The number of hydrogen-bond acceptors (Lipinski definition) is 3. The molecule has 1 aliphatic heterocycles. The lowest BCUT2D eigenvalue weighted by Gasteiger charge is -2.13. The molecule has 0 spiro atoms. The Morgan fingerprint density at radius 3 is 2.68 bits per heavy atom. The summed E-state index contributed by atoms with van der Waals surface area (Å²) in [7, 11) is 1.61. The molecule has 1 heterocycles. The molecule has 0 bridgehead atoms. The van der Waals surface area contributed by atoms with Crippen molar-refractivity contribution in [3.05, 3.63) is 59.2 Å². The molecule has 96 valence electrons. The highest BCUT2D eigenvalue weighted by atomic mass is 16.5. The minimum Gasteiger partial charge on any atom is -0.496 e. The highest BCUT2D eigenvalue weighted by Crippen LogP contribution is 2.42. The molecule has 0 saturated heterocycles. The third-order valence-electron chi connectivity index (χ3n) is 3.37. The van der Waals surface area contributed by atoms with Crippen molar-refractivity contribution in [3.8, 4) is 11.5 Å². The van der Waals surface area contributed by atoms with Gasteiger partial charge in [-0.05, 0) is 19.1 Å². The summed E-state index contributed by atoms with van der Waals surface area (Å²) in [5, 5.41) is 0. The SMILES string of the molecule is COc1ccc(C)cc1C1C(=O)Oc2ccccc21. The molecular weight excluding hydrogens is 240 g/mol. The van der Waals surface area contributed by atoms with Crippen molar-refractivity contribution in [2.45, 2.75) is 12.8 Å². The third-order valence-corrected chi connectivity index (χ3v) is 3.37. The van der Waals surface area contributed by atoms with Crippen LogP contribution in [0.1, 0.15) is 22.6 Å². The second-order valence-electron chi connectivity index (χ2n) is 4.64. The van der Waals surface area contributed by atoms with E-state index < -0.39 is 5.92 Å². The van der Waals surface area contributed by atoms with E-state index in [1.807, 2.05) is 49.4 Å². The van der Waals surface area contributed by atoms with Gasteiger partial charge in [-0.15, -0.1) is 0 Å². The summed E-state index contributed by atoms with van der Waals surface area (Å²) in [4.78, 5) is 12.1. The minimum absolute atomic E-state index is 0.245. The third kappa shape index (κ3) is 1.87. The predicted octanol–water partition coefficient (Wildman–Crippen LogP) is 3.05. The summed E-state index contributed by atoms with van der Waals surface area (Å²) in [6.45, 7) is 2.00. The number of aryl methyl sites for hydroxylation is 1. The fourth-order valence-corrected chi connectivity index (χ4v) is 2.48. The van der Waals surface area contributed by atoms with Crippen LogP contribution in [0.5, 0.6) is 11.5 Å². The normalized spacial score (nSPS) is 16.9. The van der Waals surface area contributed by atoms with Gasteiger partial charge in [-0.2, -0.15) is 0 Å². The smallest absolute Gasteiger partial charge is 0.323 e. The summed E-state index contributed by atoms with van der Waals surface area (Å²) >= 11 is 0. The van der Waals surface area contributed by atoms with Gasteiger partial charge in [-0.1, -0.05) is 35.9 Å². The van der Waals surface area contributed by atoms with Gasteiger partial charge in [0.2, 0.25) is 0 Å². The van der Waals surface area contributed by atoms with Crippen LogP contribution in [0, 0.1) is 6.92 Å². The Balaban J connectivity index is 2.17. The molecule has 3 rings (SSSR count). The average molecular weight is 254 g/mol. The number of carbonyl (C=O) groups excluding carboxylic acids is 1. The molecule has 0 aliphatic carbocycles. The molecule has 1 atom stereocenters. The van der Waals surface area contributed by atoms with E-state index in [2.05, 4.69) is 0 Å². The maximum atomic E-state index is 12.1. The van der Waals surface area contributed by atoms with Gasteiger partial charge in [0, 0.05) is 11.1 Å². The lowest BCUT2D eigenvalue weighted by atomic mass is 9.91. The van der Waals surface area contributed by atoms with Crippen LogP contribution in [-0.4, -0.2) is 13.1 Å². The van der Waals surface area contributed by atoms with E-state index in [4.69, 9.17) is 9.47 Å². The molecule has 19 heavy (non-hydrogen) atoms. The molecule has 1 unspecified atom stereocenters. The van der Waals surface area contributed by atoms with Crippen LogP contribution in [0.3, 0.4) is 0 Å². The zero-order chi connectivity index (χ0) is 13.4. The number of benzene rings is 2. The number of para-hydroxylation sites is 1. The van der Waals surface area contributed by atoms with Crippen molar-refractivity contribution >= 4 is 5.97 Å². The van der Waals surface area contributed by atoms with E-state index in [0.29, 0.717) is 11.5 Å². The first-order valence-corrected chi connectivity index (χ1v) is 6.16. The summed E-state index contributed by atoms with van der Waals surface area (Å²) in [5.41, 5.74) is 2.85. The fraction of sp³-hybridized carbons (Fsp3) is 0.188. The highest BCUT2D eigenvalue weighted by molar-refractivity contribution is 5.90. The van der Waals surface area contributed by atoms with E-state index in [1.54, 1.807) is 7.11 Å². The number of fused-ring (bicyclic) bond motifs is 1. The van der Waals surface area contributed by atoms with E-state index in [0.717, 1.165) is 16.7 Å². The molecule has 3 heteroatoms. The zero-order valence-corrected chi connectivity index (χ0v) is 10.8. The minimum atomic E-state index is -0.397. The van der Waals surface area contributed by atoms with Crippen LogP contribution in [0.25, 0.3) is 0 Å². The van der Waals surface area contributed by atoms with Gasteiger partial charge < -0.3 is 9.47 Å². The zero-order valence-electron chi connectivity index (χ0n) is 10.8. The highest BCUT2D eigenvalue weighted by Gasteiger charge is 2.35. The van der Waals surface area contributed by atoms with Crippen LogP contribution >= 0.6 is 0 Å². The molecule has 0 aromatic heterocycles. The van der Waals surface area contributed by atoms with Crippen LogP contribution in [0.15, 0.2) is 42.5 Å². The number of rotatable bonds is 2. The molecule has 1 aliphatic rings. The van der Waals surface area contributed by atoms with Crippen molar-refractivity contribution < 1.29 is 14.3 Å². The van der Waals surface area contributed by atoms with E-state index in [9.17, 15) is 4.79 Å². The standard InChI is InChI=1S/C16H14O3/c1-10-7-8-13(18-2)12(9-10)15-11-5-3-4-6-14(11)19-16(15)17/h3-9,15H,1-2H3. The fourth-order valence-electron chi connectivity index (χ4n) is 2.48. The topological polar surface area (TPSA) is 35.5 Å². The molecule has 0 saturated carbocycles. The summed E-state index contributed by atoms with van der Waals surface area (Å²) in [5.74, 6) is 0.710.